The molecule has 0 bridgehead atoms. The van der Waals surface area contributed by atoms with Crippen molar-refractivity contribution in [2.75, 3.05) is 5.32 Å². The van der Waals surface area contributed by atoms with Crippen LogP contribution in [0.2, 0.25) is 5.02 Å². The monoisotopic (exact) mass is 502 g/mol. The highest BCUT2D eigenvalue weighted by Gasteiger charge is 2.39. The number of hydrogen-bond acceptors (Lipinski definition) is 5. The summed E-state index contributed by atoms with van der Waals surface area (Å²) in [5, 5.41) is 10.0. The van der Waals surface area contributed by atoms with Crippen LogP contribution < -0.4 is 5.32 Å². The van der Waals surface area contributed by atoms with E-state index in [2.05, 4.69) is 22.4 Å². The smallest absolute Gasteiger partial charge is 0.262 e. The molecule has 0 radical (unpaired) electrons. The number of amides is 2. The fourth-order valence-corrected chi connectivity index (χ4v) is 5.42. The maximum Gasteiger partial charge on any atom is 0.262 e. The van der Waals surface area contributed by atoms with Crippen LogP contribution in [-0.4, -0.2) is 33.0 Å². The van der Waals surface area contributed by atoms with Crippen molar-refractivity contribution in [1.82, 2.24) is 5.01 Å². The van der Waals surface area contributed by atoms with Gasteiger partial charge in [0, 0.05) is 23.6 Å². The zero-order valence-electron chi connectivity index (χ0n) is 19.0. The summed E-state index contributed by atoms with van der Waals surface area (Å²) >= 11 is 7.82. The van der Waals surface area contributed by atoms with Crippen LogP contribution >= 0.6 is 23.4 Å². The molecule has 8 heteroatoms. The van der Waals surface area contributed by atoms with Gasteiger partial charge >= 0.3 is 0 Å². The minimum Gasteiger partial charge on any atom is -0.326 e. The number of nitrogens with one attached hydrogen (secondary N) is 1. The summed E-state index contributed by atoms with van der Waals surface area (Å²) in [5.74, 6) is -0.559. The molecular weight excluding hydrogens is 480 g/mol. The highest BCUT2D eigenvalue weighted by Crippen LogP contribution is 2.40. The summed E-state index contributed by atoms with van der Waals surface area (Å²) < 4.78 is 0. The molecule has 0 fully saturated rings. The van der Waals surface area contributed by atoms with E-state index in [4.69, 9.17) is 16.7 Å². The molecule has 5 rings (SSSR count). The number of para-hydroxylation sites is 1. The Labute approximate surface area is 213 Å². The predicted octanol–water partition coefficient (Wildman–Crippen LogP) is 5.83. The topological polar surface area (TPSA) is 74.1 Å². The van der Waals surface area contributed by atoms with Crippen molar-refractivity contribution in [2.45, 2.75) is 31.1 Å². The number of aryl methyl sites for hydroxylation is 1. The quantitative estimate of drug-likeness (QED) is 0.476. The molecule has 0 saturated heterocycles. The summed E-state index contributed by atoms with van der Waals surface area (Å²) in [7, 11) is 0. The second-order valence-corrected chi connectivity index (χ2v) is 10.0. The first kappa shape index (κ1) is 23.3. The van der Waals surface area contributed by atoms with Crippen LogP contribution in [0.5, 0.6) is 0 Å². The van der Waals surface area contributed by atoms with Gasteiger partial charge in [0.15, 0.2) is 5.17 Å². The zero-order valence-corrected chi connectivity index (χ0v) is 20.6. The SMILES string of the molecule is Cc1ccc(C2=NN(C3=NC(=O)[C@H](CC(=O)Nc4ccccc4)S3)[C@@H](c3ccccc3Cl)C2)cc1. The van der Waals surface area contributed by atoms with Crippen molar-refractivity contribution in [3.8, 4) is 0 Å². The van der Waals surface area contributed by atoms with E-state index in [1.165, 1.54) is 17.3 Å². The Bertz CT molecular complexity index is 1320. The van der Waals surface area contributed by atoms with Gasteiger partial charge in [0.05, 0.1) is 11.8 Å². The van der Waals surface area contributed by atoms with E-state index in [9.17, 15) is 9.59 Å². The lowest BCUT2D eigenvalue weighted by molar-refractivity contribution is -0.121. The molecule has 0 saturated carbocycles. The van der Waals surface area contributed by atoms with Crippen LogP contribution in [0.1, 0.15) is 35.6 Å². The van der Waals surface area contributed by atoms with Gasteiger partial charge in [-0.25, -0.2) is 5.01 Å². The van der Waals surface area contributed by atoms with Gasteiger partial charge in [0.1, 0.15) is 5.25 Å². The van der Waals surface area contributed by atoms with E-state index in [-0.39, 0.29) is 24.3 Å². The van der Waals surface area contributed by atoms with Gasteiger partial charge < -0.3 is 5.32 Å². The first-order valence-electron chi connectivity index (χ1n) is 11.3. The number of halogens is 1. The minimum atomic E-state index is -0.598. The van der Waals surface area contributed by atoms with Crippen molar-refractivity contribution in [3.63, 3.8) is 0 Å². The van der Waals surface area contributed by atoms with Gasteiger partial charge in [0.2, 0.25) is 5.91 Å². The Kier molecular flexibility index (Phi) is 6.70. The van der Waals surface area contributed by atoms with E-state index in [1.807, 2.05) is 73.7 Å². The third-order valence-corrected chi connectivity index (χ3v) is 7.40. The molecule has 2 amide bonds. The lowest BCUT2D eigenvalue weighted by Crippen LogP contribution is -2.25. The molecule has 1 N–H and O–H groups in total. The number of hydrogen-bond donors (Lipinski definition) is 1. The number of carbonyl (C=O) groups is 2. The van der Waals surface area contributed by atoms with Gasteiger partial charge in [-0.15, -0.1) is 0 Å². The number of hydrazone groups is 1. The van der Waals surface area contributed by atoms with E-state index >= 15 is 0 Å². The first-order chi connectivity index (χ1) is 17.0. The summed E-state index contributed by atoms with van der Waals surface area (Å²) in [6.07, 6.45) is 0.657. The lowest BCUT2D eigenvalue weighted by atomic mass is 9.98. The van der Waals surface area contributed by atoms with Crippen molar-refractivity contribution in [3.05, 3.63) is 101 Å². The molecule has 2 aliphatic rings. The van der Waals surface area contributed by atoms with E-state index in [1.54, 1.807) is 5.01 Å². The average molecular weight is 503 g/mol. The van der Waals surface area contributed by atoms with Crippen molar-refractivity contribution in [2.24, 2.45) is 10.1 Å². The minimum absolute atomic E-state index is 0.0323. The van der Waals surface area contributed by atoms with E-state index in [0.717, 1.165) is 16.8 Å². The highest BCUT2D eigenvalue weighted by atomic mass is 35.5. The third-order valence-electron chi connectivity index (χ3n) is 5.91. The number of nitrogens with zero attached hydrogens (tertiary/aromatic N) is 3. The van der Waals surface area contributed by atoms with Crippen LogP contribution in [0.4, 0.5) is 5.69 Å². The zero-order chi connectivity index (χ0) is 24.4. The number of amidine groups is 1. The molecule has 35 heavy (non-hydrogen) atoms. The number of aliphatic imine (C=N–C) groups is 1. The summed E-state index contributed by atoms with van der Waals surface area (Å²) in [5.41, 5.74) is 4.70. The second kappa shape index (κ2) is 10.1. The van der Waals surface area contributed by atoms with Gasteiger partial charge in [-0.3, -0.25) is 9.59 Å². The molecule has 0 unspecified atom stereocenters. The summed E-state index contributed by atoms with van der Waals surface area (Å²) in [6.45, 7) is 2.04. The molecule has 2 aliphatic heterocycles. The van der Waals surface area contributed by atoms with Crippen LogP contribution in [0.15, 0.2) is 89.0 Å². The maximum atomic E-state index is 12.7. The molecule has 0 aromatic heterocycles. The molecule has 3 aromatic carbocycles. The van der Waals surface area contributed by atoms with Crippen LogP contribution in [-0.2, 0) is 9.59 Å². The van der Waals surface area contributed by atoms with Crippen molar-refractivity contribution < 1.29 is 9.59 Å². The Morgan fingerprint density at radius 2 is 1.77 bits per heavy atom. The average Bonchev–Trinajstić information content (AvgIpc) is 3.44. The number of carbonyl (C=O) groups excluding carboxylic acids is 2. The molecule has 2 atom stereocenters. The van der Waals surface area contributed by atoms with Gasteiger partial charge in [0.25, 0.3) is 5.91 Å². The largest absolute Gasteiger partial charge is 0.326 e. The Morgan fingerprint density at radius 1 is 1.06 bits per heavy atom. The first-order valence-corrected chi connectivity index (χ1v) is 12.6. The summed E-state index contributed by atoms with van der Waals surface area (Å²) in [6, 6.07) is 24.8. The number of thioether (sulfide) groups is 1. The van der Waals surface area contributed by atoms with Crippen LogP contribution in [0.3, 0.4) is 0 Å². The fraction of sp³-hybridized carbons (Fsp3) is 0.185. The van der Waals surface area contributed by atoms with Gasteiger partial charge in [-0.2, -0.15) is 10.1 Å². The second-order valence-electron chi connectivity index (χ2n) is 8.46. The fourth-order valence-electron chi connectivity index (χ4n) is 4.10. The molecule has 0 aliphatic carbocycles. The molecule has 3 aromatic rings. The normalized spacial score (nSPS) is 19.5. The maximum absolute atomic E-state index is 12.7. The summed E-state index contributed by atoms with van der Waals surface area (Å²) in [4.78, 5) is 29.6. The molecule has 176 valence electrons. The third kappa shape index (κ3) is 5.16. The molecule has 6 nitrogen and oxygen atoms in total. The van der Waals surface area contributed by atoms with E-state index in [0.29, 0.717) is 22.3 Å². The number of rotatable bonds is 5. The Hall–Kier alpha value is -3.42. The predicted molar refractivity (Wildman–Crippen MR) is 142 cm³/mol. The van der Waals surface area contributed by atoms with Crippen molar-refractivity contribution in [1.29, 1.82) is 0 Å². The van der Waals surface area contributed by atoms with Crippen LogP contribution in [0.25, 0.3) is 0 Å². The van der Waals surface area contributed by atoms with Crippen molar-refractivity contribution >= 4 is 51.7 Å². The van der Waals surface area contributed by atoms with Crippen LogP contribution in [0, 0.1) is 6.92 Å². The van der Waals surface area contributed by atoms with Gasteiger partial charge in [-0.1, -0.05) is 89.6 Å². The van der Waals surface area contributed by atoms with E-state index < -0.39 is 5.25 Å². The molecule has 2 heterocycles. The Balaban J connectivity index is 1.37. The number of anilines is 1. The molecular formula is C27H23ClN4O2S. The number of benzene rings is 3. The Morgan fingerprint density at radius 3 is 2.51 bits per heavy atom. The van der Waals surface area contributed by atoms with Gasteiger partial charge in [-0.05, 0) is 36.2 Å². The highest BCUT2D eigenvalue weighted by molar-refractivity contribution is 8.15. The standard InChI is InChI=1S/C27H23ClN4O2S/c1-17-11-13-18(14-12-17)22-15-23(20-9-5-6-10-21(20)28)32(31-22)27-30-26(34)24(35-27)16-25(33)29-19-7-3-2-4-8-19/h2-14,23-24H,15-16H2,1H3,(H,29,33)/t23-,24+/m1/s1. The molecule has 0 spiro atoms. The lowest BCUT2D eigenvalue weighted by Gasteiger charge is -2.23.